The van der Waals surface area contributed by atoms with Crippen LogP contribution < -0.4 is 4.74 Å². The van der Waals surface area contributed by atoms with E-state index in [1.165, 1.54) is 0 Å². The Morgan fingerprint density at radius 2 is 1.92 bits per heavy atom. The standard InChI is InChI=1S/C9H9Cl3O/c10-4-1-5-13-7-2-3-8(11)9(12)6-7/h2-3,6H,1,4-5H2. The van der Waals surface area contributed by atoms with Crippen LogP contribution in [0.3, 0.4) is 0 Å². The van der Waals surface area contributed by atoms with Gasteiger partial charge in [-0.15, -0.1) is 11.6 Å². The van der Waals surface area contributed by atoms with Crippen LogP contribution in [0.2, 0.25) is 10.0 Å². The third-order valence-corrected chi connectivity index (χ3v) is 2.44. The molecule has 13 heavy (non-hydrogen) atoms. The van der Waals surface area contributed by atoms with Crippen molar-refractivity contribution in [1.82, 2.24) is 0 Å². The van der Waals surface area contributed by atoms with Gasteiger partial charge in [0.2, 0.25) is 0 Å². The van der Waals surface area contributed by atoms with Crippen molar-refractivity contribution in [3.8, 4) is 5.75 Å². The monoisotopic (exact) mass is 238 g/mol. The van der Waals surface area contributed by atoms with Crippen LogP contribution in [0, 0.1) is 0 Å². The van der Waals surface area contributed by atoms with Crippen LogP contribution >= 0.6 is 34.8 Å². The molecule has 0 unspecified atom stereocenters. The molecule has 0 aliphatic rings. The van der Waals surface area contributed by atoms with E-state index in [0.29, 0.717) is 22.5 Å². The molecule has 1 aromatic carbocycles. The van der Waals surface area contributed by atoms with Crippen LogP contribution in [0.1, 0.15) is 6.42 Å². The van der Waals surface area contributed by atoms with Crippen molar-refractivity contribution in [1.29, 1.82) is 0 Å². The predicted molar refractivity (Wildman–Crippen MR) is 57.3 cm³/mol. The van der Waals surface area contributed by atoms with Crippen LogP contribution in [0.5, 0.6) is 5.75 Å². The van der Waals surface area contributed by atoms with E-state index in [-0.39, 0.29) is 0 Å². The highest BCUT2D eigenvalue weighted by Crippen LogP contribution is 2.26. The number of hydrogen-bond acceptors (Lipinski definition) is 1. The Balaban J connectivity index is 2.53. The lowest BCUT2D eigenvalue weighted by molar-refractivity contribution is 0.318. The zero-order valence-corrected chi connectivity index (χ0v) is 9.16. The topological polar surface area (TPSA) is 9.23 Å². The summed E-state index contributed by atoms with van der Waals surface area (Å²) in [5.74, 6) is 1.32. The highest BCUT2D eigenvalue weighted by atomic mass is 35.5. The average Bonchev–Trinajstić information content (AvgIpc) is 2.12. The van der Waals surface area contributed by atoms with Crippen molar-refractivity contribution in [2.75, 3.05) is 12.5 Å². The van der Waals surface area contributed by atoms with Crippen molar-refractivity contribution >= 4 is 34.8 Å². The van der Waals surface area contributed by atoms with Gasteiger partial charge in [0.25, 0.3) is 0 Å². The quantitative estimate of drug-likeness (QED) is 0.570. The number of alkyl halides is 1. The maximum absolute atomic E-state index is 5.79. The number of benzene rings is 1. The largest absolute Gasteiger partial charge is 0.493 e. The van der Waals surface area contributed by atoms with Crippen LogP contribution in [0.4, 0.5) is 0 Å². The smallest absolute Gasteiger partial charge is 0.120 e. The molecule has 0 aromatic heterocycles. The lowest BCUT2D eigenvalue weighted by Crippen LogP contribution is -1.97. The Bertz CT molecular complexity index is 276. The molecule has 0 saturated heterocycles. The molecule has 0 fully saturated rings. The normalized spacial score (nSPS) is 10.1. The highest BCUT2D eigenvalue weighted by Gasteiger charge is 1.99. The molecule has 1 rings (SSSR count). The fourth-order valence-corrected chi connectivity index (χ4v) is 1.21. The van der Waals surface area contributed by atoms with Crippen LogP contribution in [0.25, 0.3) is 0 Å². The van der Waals surface area contributed by atoms with Crippen LogP contribution in [-0.4, -0.2) is 12.5 Å². The van der Waals surface area contributed by atoms with E-state index in [2.05, 4.69) is 0 Å². The minimum absolute atomic E-state index is 0.505. The molecule has 0 aliphatic heterocycles. The molecule has 0 amide bonds. The SMILES string of the molecule is ClCCCOc1ccc(Cl)c(Cl)c1. The van der Waals surface area contributed by atoms with Gasteiger partial charge in [0.15, 0.2) is 0 Å². The lowest BCUT2D eigenvalue weighted by Gasteiger charge is -2.05. The third-order valence-electron chi connectivity index (χ3n) is 1.44. The Hall–Kier alpha value is -0.110. The van der Waals surface area contributed by atoms with E-state index >= 15 is 0 Å². The molecule has 0 N–H and O–H groups in total. The maximum atomic E-state index is 5.79. The second-order valence-electron chi connectivity index (χ2n) is 2.47. The summed E-state index contributed by atoms with van der Waals surface area (Å²) < 4.78 is 5.35. The molecule has 0 atom stereocenters. The van der Waals surface area contributed by atoms with Gasteiger partial charge in [0, 0.05) is 11.9 Å². The number of rotatable bonds is 4. The zero-order chi connectivity index (χ0) is 9.68. The second kappa shape index (κ2) is 5.58. The van der Waals surface area contributed by atoms with E-state index in [4.69, 9.17) is 39.5 Å². The van der Waals surface area contributed by atoms with Gasteiger partial charge < -0.3 is 4.74 Å². The molecular weight excluding hydrogens is 230 g/mol. The summed E-state index contributed by atoms with van der Waals surface area (Å²) >= 11 is 17.0. The van der Waals surface area contributed by atoms with Gasteiger partial charge in [-0.3, -0.25) is 0 Å². The van der Waals surface area contributed by atoms with Gasteiger partial charge in [0.1, 0.15) is 5.75 Å². The van der Waals surface area contributed by atoms with E-state index in [1.54, 1.807) is 18.2 Å². The Kier molecular flexibility index (Phi) is 4.71. The van der Waals surface area contributed by atoms with E-state index in [9.17, 15) is 0 Å². The molecule has 0 bridgehead atoms. The summed E-state index contributed by atoms with van der Waals surface area (Å²) in [5.41, 5.74) is 0. The van der Waals surface area contributed by atoms with Gasteiger partial charge in [0.05, 0.1) is 16.7 Å². The van der Waals surface area contributed by atoms with Crippen molar-refractivity contribution in [2.45, 2.75) is 6.42 Å². The van der Waals surface area contributed by atoms with E-state index in [1.807, 2.05) is 0 Å². The minimum Gasteiger partial charge on any atom is -0.493 e. The van der Waals surface area contributed by atoms with E-state index in [0.717, 1.165) is 12.2 Å². The Morgan fingerprint density at radius 1 is 1.15 bits per heavy atom. The average molecular weight is 240 g/mol. The molecule has 0 radical (unpaired) electrons. The molecular formula is C9H9Cl3O. The van der Waals surface area contributed by atoms with Gasteiger partial charge in [-0.05, 0) is 18.6 Å². The molecule has 0 aliphatic carbocycles. The zero-order valence-electron chi connectivity index (χ0n) is 6.90. The Morgan fingerprint density at radius 3 is 2.54 bits per heavy atom. The Labute approximate surface area is 92.5 Å². The summed E-state index contributed by atoms with van der Waals surface area (Å²) in [5, 5.41) is 1.04. The number of halogens is 3. The van der Waals surface area contributed by atoms with Crippen LogP contribution in [-0.2, 0) is 0 Å². The molecule has 4 heteroatoms. The summed E-state index contributed by atoms with van der Waals surface area (Å²) in [4.78, 5) is 0. The van der Waals surface area contributed by atoms with Crippen molar-refractivity contribution in [3.05, 3.63) is 28.2 Å². The first-order valence-corrected chi connectivity index (χ1v) is 5.17. The molecule has 1 aromatic rings. The van der Waals surface area contributed by atoms with Crippen molar-refractivity contribution in [2.24, 2.45) is 0 Å². The number of ether oxygens (including phenoxy) is 1. The molecule has 1 nitrogen and oxygen atoms in total. The molecule has 0 spiro atoms. The summed E-state index contributed by atoms with van der Waals surface area (Å²) in [6.07, 6.45) is 0.821. The van der Waals surface area contributed by atoms with E-state index < -0.39 is 0 Å². The second-order valence-corrected chi connectivity index (χ2v) is 3.66. The highest BCUT2D eigenvalue weighted by molar-refractivity contribution is 6.42. The lowest BCUT2D eigenvalue weighted by atomic mass is 10.3. The fourth-order valence-electron chi connectivity index (χ4n) is 0.811. The van der Waals surface area contributed by atoms with Crippen molar-refractivity contribution in [3.63, 3.8) is 0 Å². The number of hydrogen-bond donors (Lipinski definition) is 0. The van der Waals surface area contributed by atoms with Gasteiger partial charge in [-0.1, -0.05) is 23.2 Å². The summed E-state index contributed by atoms with van der Waals surface area (Å²) in [6, 6.07) is 5.18. The fraction of sp³-hybridized carbons (Fsp3) is 0.333. The maximum Gasteiger partial charge on any atom is 0.120 e. The van der Waals surface area contributed by atoms with Crippen molar-refractivity contribution < 1.29 is 4.74 Å². The predicted octanol–water partition coefficient (Wildman–Crippen LogP) is 4.00. The molecule has 0 heterocycles. The van der Waals surface area contributed by atoms with Gasteiger partial charge in [-0.25, -0.2) is 0 Å². The molecule has 0 saturated carbocycles. The summed E-state index contributed by atoms with van der Waals surface area (Å²) in [6.45, 7) is 0.599. The first-order chi connectivity index (χ1) is 6.24. The first-order valence-electron chi connectivity index (χ1n) is 3.88. The first kappa shape index (κ1) is 11.0. The molecule has 72 valence electrons. The van der Waals surface area contributed by atoms with Gasteiger partial charge in [-0.2, -0.15) is 0 Å². The summed E-state index contributed by atoms with van der Waals surface area (Å²) in [7, 11) is 0. The third kappa shape index (κ3) is 3.63. The minimum atomic E-state index is 0.505. The van der Waals surface area contributed by atoms with Gasteiger partial charge >= 0.3 is 0 Å². The van der Waals surface area contributed by atoms with Crippen LogP contribution in [0.15, 0.2) is 18.2 Å².